The Morgan fingerprint density at radius 3 is 2.50 bits per heavy atom. The minimum atomic E-state index is 0.331. The summed E-state index contributed by atoms with van der Waals surface area (Å²) in [5.41, 5.74) is 0. The molecule has 2 aliphatic heterocycles. The van der Waals surface area contributed by atoms with Gasteiger partial charge < -0.3 is 9.84 Å². The standard InChI is InChI=1S/C9H17NO2/c11-7-9-1-4-10(9)8-2-5-12-6-3-8/h8-9,11H,1-7H2. The van der Waals surface area contributed by atoms with E-state index < -0.39 is 0 Å². The molecule has 0 radical (unpaired) electrons. The molecule has 0 aromatic heterocycles. The molecule has 12 heavy (non-hydrogen) atoms. The molecule has 0 saturated carbocycles. The third-order valence-electron chi connectivity index (χ3n) is 3.06. The second kappa shape index (κ2) is 3.73. The van der Waals surface area contributed by atoms with Crippen LogP contribution in [0.3, 0.4) is 0 Å². The number of hydrogen-bond acceptors (Lipinski definition) is 3. The van der Waals surface area contributed by atoms with Crippen molar-refractivity contribution < 1.29 is 9.84 Å². The van der Waals surface area contributed by atoms with Crippen LogP contribution in [0.5, 0.6) is 0 Å². The highest BCUT2D eigenvalue weighted by Crippen LogP contribution is 2.25. The van der Waals surface area contributed by atoms with Gasteiger partial charge in [-0.3, -0.25) is 4.90 Å². The van der Waals surface area contributed by atoms with Gasteiger partial charge in [0.15, 0.2) is 0 Å². The maximum absolute atomic E-state index is 9.01. The fourth-order valence-corrected chi connectivity index (χ4v) is 2.15. The molecular formula is C9H17NO2. The Morgan fingerprint density at radius 2 is 2.00 bits per heavy atom. The second-order valence-corrected chi connectivity index (χ2v) is 3.71. The van der Waals surface area contributed by atoms with Gasteiger partial charge in [0.1, 0.15) is 0 Å². The summed E-state index contributed by atoms with van der Waals surface area (Å²) in [6, 6.07) is 1.14. The molecule has 70 valence electrons. The van der Waals surface area contributed by atoms with Crippen molar-refractivity contribution in [2.45, 2.75) is 31.3 Å². The molecule has 1 unspecified atom stereocenters. The molecule has 2 aliphatic rings. The molecule has 0 aromatic carbocycles. The molecule has 0 amide bonds. The lowest BCUT2D eigenvalue weighted by Crippen LogP contribution is -2.56. The molecule has 1 atom stereocenters. The van der Waals surface area contributed by atoms with E-state index in [-0.39, 0.29) is 0 Å². The van der Waals surface area contributed by atoms with Gasteiger partial charge in [0, 0.05) is 31.8 Å². The van der Waals surface area contributed by atoms with Crippen molar-refractivity contribution in [1.82, 2.24) is 4.90 Å². The molecule has 2 rings (SSSR count). The predicted octanol–water partition coefficient (Wildman–Crippen LogP) is 0.232. The van der Waals surface area contributed by atoms with Gasteiger partial charge in [0.05, 0.1) is 6.61 Å². The van der Waals surface area contributed by atoms with E-state index in [2.05, 4.69) is 4.90 Å². The van der Waals surface area contributed by atoms with Crippen LogP contribution in [-0.2, 0) is 4.74 Å². The Balaban J connectivity index is 1.82. The lowest BCUT2D eigenvalue weighted by Gasteiger charge is -2.46. The number of nitrogens with zero attached hydrogens (tertiary/aromatic N) is 1. The summed E-state index contributed by atoms with van der Waals surface area (Å²) in [6.45, 7) is 3.31. The zero-order valence-corrected chi connectivity index (χ0v) is 7.41. The summed E-state index contributed by atoms with van der Waals surface area (Å²) >= 11 is 0. The average molecular weight is 171 g/mol. The van der Waals surface area contributed by atoms with Crippen LogP contribution in [-0.4, -0.2) is 48.5 Å². The summed E-state index contributed by atoms with van der Waals surface area (Å²) in [5, 5.41) is 9.01. The first-order chi connectivity index (χ1) is 5.92. The Labute approximate surface area is 73.3 Å². The minimum Gasteiger partial charge on any atom is -0.395 e. The summed E-state index contributed by atoms with van der Waals surface area (Å²) in [5.74, 6) is 0. The number of aliphatic hydroxyl groups excluding tert-OH is 1. The van der Waals surface area contributed by atoms with E-state index >= 15 is 0 Å². The van der Waals surface area contributed by atoms with Crippen molar-refractivity contribution in [3.05, 3.63) is 0 Å². The fraction of sp³-hybridized carbons (Fsp3) is 1.00. The molecule has 2 fully saturated rings. The topological polar surface area (TPSA) is 32.7 Å². The van der Waals surface area contributed by atoms with Crippen LogP contribution in [0.1, 0.15) is 19.3 Å². The van der Waals surface area contributed by atoms with Gasteiger partial charge >= 0.3 is 0 Å². The molecule has 0 aliphatic carbocycles. The van der Waals surface area contributed by atoms with Crippen molar-refractivity contribution in [3.8, 4) is 0 Å². The zero-order chi connectivity index (χ0) is 8.39. The largest absolute Gasteiger partial charge is 0.395 e. The molecular weight excluding hydrogens is 154 g/mol. The van der Waals surface area contributed by atoms with Crippen LogP contribution in [0.25, 0.3) is 0 Å². The van der Waals surface area contributed by atoms with Crippen LogP contribution < -0.4 is 0 Å². The van der Waals surface area contributed by atoms with E-state index in [0.717, 1.165) is 26.1 Å². The number of likely N-dealkylation sites (tertiary alicyclic amines) is 1. The van der Waals surface area contributed by atoms with E-state index in [0.29, 0.717) is 18.7 Å². The van der Waals surface area contributed by atoms with Gasteiger partial charge in [-0.05, 0) is 19.3 Å². The monoisotopic (exact) mass is 171 g/mol. The molecule has 2 heterocycles. The SMILES string of the molecule is OCC1CCN1C1CCOCC1. The summed E-state index contributed by atoms with van der Waals surface area (Å²) in [7, 11) is 0. The molecule has 2 saturated heterocycles. The zero-order valence-electron chi connectivity index (χ0n) is 7.41. The van der Waals surface area contributed by atoms with Gasteiger partial charge in [-0.15, -0.1) is 0 Å². The minimum absolute atomic E-state index is 0.331. The third-order valence-corrected chi connectivity index (χ3v) is 3.06. The number of rotatable bonds is 2. The van der Waals surface area contributed by atoms with E-state index in [1.54, 1.807) is 0 Å². The van der Waals surface area contributed by atoms with E-state index in [9.17, 15) is 0 Å². The first-order valence-electron chi connectivity index (χ1n) is 4.86. The number of hydrogen-bond donors (Lipinski definition) is 1. The Bertz CT molecular complexity index is 143. The molecule has 0 aromatic rings. The quantitative estimate of drug-likeness (QED) is 0.645. The van der Waals surface area contributed by atoms with Gasteiger partial charge in [-0.25, -0.2) is 0 Å². The highest BCUT2D eigenvalue weighted by molar-refractivity contribution is 4.88. The smallest absolute Gasteiger partial charge is 0.0587 e. The van der Waals surface area contributed by atoms with Crippen LogP contribution in [0.2, 0.25) is 0 Å². The molecule has 3 nitrogen and oxygen atoms in total. The molecule has 0 bridgehead atoms. The lowest BCUT2D eigenvalue weighted by atomic mass is 9.96. The predicted molar refractivity (Wildman–Crippen MR) is 46.0 cm³/mol. The maximum Gasteiger partial charge on any atom is 0.0587 e. The van der Waals surface area contributed by atoms with E-state index in [1.165, 1.54) is 13.0 Å². The van der Waals surface area contributed by atoms with Crippen molar-refractivity contribution >= 4 is 0 Å². The lowest BCUT2D eigenvalue weighted by molar-refractivity contribution is -0.0402. The second-order valence-electron chi connectivity index (χ2n) is 3.71. The summed E-state index contributed by atoms with van der Waals surface area (Å²) in [6.07, 6.45) is 3.47. The van der Waals surface area contributed by atoms with Gasteiger partial charge in [-0.1, -0.05) is 0 Å². The Hall–Kier alpha value is -0.120. The first-order valence-corrected chi connectivity index (χ1v) is 4.86. The maximum atomic E-state index is 9.01. The van der Waals surface area contributed by atoms with E-state index in [1.807, 2.05) is 0 Å². The average Bonchev–Trinajstić information content (AvgIpc) is 2.05. The van der Waals surface area contributed by atoms with Crippen molar-refractivity contribution in [2.24, 2.45) is 0 Å². The number of ether oxygens (including phenoxy) is 1. The molecule has 0 spiro atoms. The van der Waals surface area contributed by atoms with Gasteiger partial charge in [0.25, 0.3) is 0 Å². The van der Waals surface area contributed by atoms with Crippen molar-refractivity contribution in [1.29, 1.82) is 0 Å². The molecule has 1 N–H and O–H groups in total. The van der Waals surface area contributed by atoms with Crippen LogP contribution in [0.4, 0.5) is 0 Å². The van der Waals surface area contributed by atoms with Crippen LogP contribution in [0, 0.1) is 0 Å². The van der Waals surface area contributed by atoms with Crippen LogP contribution >= 0.6 is 0 Å². The van der Waals surface area contributed by atoms with Gasteiger partial charge in [0.2, 0.25) is 0 Å². The Kier molecular flexibility index (Phi) is 2.63. The highest BCUT2D eigenvalue weighted by atomic mass is 16.5. The summed E-state index contributed by atoms with van der Waals surface area (Å²) < 4.78 is 5.30. The first kappa shape index (κ1) is 8.48. The van der Waals surface area contributed by atoms with E-state index in [4.69, 9.17) is 9.84 Å². The van der Waals surface area contributed by atoms with Crippen molar-refractivity contribution in [2.75, 3.05) is 26.4 Å². The van der Waals surface area contributed by atoms with Crippen molar-refractivity contribution in [3.63, 3.8) is 0 Å². The Morgan fingerprint density at radius 1 is 1.25 bits per heavy atom. The summed E-state index contributed by atoms with van der Waals surface area (Å²) in [4.78, 5) is 2.43. The molecule has 3 heteroatoms. The van der Waals surface area contributed by atoms with Gasteiger partial charge in [-0.2, -0.15) is 0 Å². The third kappa shape index (κ3) is 1.49. The van der Waals surface area contributed by atoms with Crippen LogP contribution in [0.15, 0.2) is 0 Å². The fourth-order valence-electron chi connectivity index (χ4n) is 2.15. The highest BCUT2D eigenvalue weighted by Gasteiger charge is 2.33. The normalized spacial score (nSPS) is 33.2. The number of aliphatic hydroxyl groups is 1.